The highest BCUT2D eigenvalue weighted by Crippen LogP contribution is 2.20. The van der Waals surface area contributed by atoms with Gasteiger partial charge in [0.2, 0.25) is 0 Å². The third kappa shape index (κ3) is 2.61. The summed E-state index contributed by atoms with van der Waals surface area (Å²) in [5.41, 5.74) is 7.85. The number of aryl methyl sites for hydroxylation is 1. The molecule has 17 heavy (non-hydrogen) atoms. The Hall–Kier alpha value is -1.48. The molecule has 0 spiro atoms. The molecule has 2 aromatic rings. The van der Waals surface area contributed by atoms with Crippen LogP contribution in [0.25, 0.3) is 10.9 Å². The minimum absolute atomic E-state index is 0.245. The standard InChI is InChI=1S/C14H17FN2/c1-9(8-16)5-11-6-12-4-3-10(2)17-14(12)13(15)7-11/h3-4,6-7,9H,5,8,16H2,1-2H3. The third-order valence-corrected chi connectivity index (χ3v) is 2.93. The first-order chi connectivity index (χ1) is 8.10. The molecule has 0 saturated carbocycles. The molecule has 1 aromatic heterocycles. The predicted molar refractivity (Wildman–Crippen MR) is 68.4 cm³/mol. The van der Waals surface area contributed by atoms with Crippen LogP contribution in [0.5, 0.6) is 0 Å². The van der Waals surface area contributed by atoms with Crippen molar-refractivity contribution in [3.05, 3.63) is 41.3 Å². The van der Waals surface area contributed by atoms with Crippen LogP contribution >= 0.6 is 0 Å². The van der Waals surface area contributed by atoms with E-state index in [9.17, 15) is 4.39 Å². The fourth-order valence-electron chi connectivity index (χ4n) is 1.95. The van der Waals surface area contributed by atoms with E-state index in [4.69, 9.17) is 5.73 Å². The van der Waals surface area contributed by atoms with Crippen LogP contribution in [0.15, 0.2) is 24.3 Å². The maximum Gasteiger partial charge on any atom is 0.149 e. The number of nitrogens with zero attached hydrogens (tertiary/aromatic N) is 1. The summed E-state index contributed by atoms with van der Waals surface area (Å²) in [4.78, 5) is 4.22. The smallest absolute Gasteiger partial charge is 0.149 e. The van der Waals surface area contributed by atoms with Gasteiger partial charge in [-0.15, -0.1) is 0 Å². The summed E-state index contributed by atoms with van der Waals surface area (Å²) in [6, 6.07) is 7.38. The third-order valence-electron chi connectivity index (χ3n) is 2.93. The van der Waals surface area contributed by atoms with Crippen molar-refractivity contribution in [2.24, 2.45) is 11.7 Å². The largest absolute Gasteiger partial charge is 0.330 e. The highest BCUT2D eigenvalue weighted by molar-refractivity contribution is 5.80. The van der Waals surface area contributed by atoms with E-state index in [1.54, 1.807) is 6.07 Å². The molecule has 0 aliphatic carbocycles. The van der Waals surface area contributed by atoms with E-state index in [2.05, 4.69) is 11.9 Å². The van der Waals surface area contributed by atoms with Crippen molar-refractivity contribution in [2.75, 3.05) is 6.54 Å². The number of nitrogens with two attached hydrogens (primary N) is 1. The fourth-order valence-corrected chi connectivity index (χ4v) is 1.95. The second-order valence-corrected chi connectivity index (χ2v) is 4.65. The normalized spacial score (nSPS) is 12.9. The van der Waals surface area contributed by atoms with Gasteiger partial charge in [0, 0.05) is 11.1 Å². The van der Waals surface area contributed by atoms with E-state index in [-0.39, 0.29) is 5.82 Å². The summed E-state index contributed by atoms with van der Waals surface area (Å²) in [5, 5.41) is 0.856. The molecular formula is C14H17FN2. The molecule has 0 amide bonds. The molecule has 0 radical (unpaired) electrons. The molecule has 0 fully saturated rings. The average molecular weight is 232 g/mol. The van der Waals surface area contributed by atoms with Crippen LogP contribution in [0, 0.1) is 18.7 Å². The number of benzene rings is 1. The van der Waals surface area contributed by atoms with E-state index in [0.29, 0.717) is 18.0 Å². The van der Waals surface area contributed by atoms with Gasteiger partial charge < -0.3 is 5.73 Å². The highest BCUT2D eigenvalue weighted by Gasteiger charge is 2.08. The minimum atomic E-state index is -0.245. The van der Waals surface area contributed by atoms with Gasteiger partial charge in [-0.25, -0.2) is 4.39 Å². The van der Waals surface area contributed by atoms with Crippen molar-refractivity contribution in [3.8, 4) is 0 Å². The lowest BCUT2D eigenvalue weighted by Crippen LogP contribution is -2.13. The number of hydrogen-bond donors (Lipinski definition) is 1. The fraction of sp³-hybridized carbons (Fsp3) is 0.357. The van der Waals surface area contributed by atoms with Gasteiger partial charge >= 0.3 is 0 Å². The summed E-state index contributed by atoms with van der Waals surface area (Å²) in [6.07, 6.45) is 0.803. The minimum Gasteiger partial charge on any atom is -0.330 e. The van der Waals surface area contributed by atoms with Crippen molar-refractivity contribution >= 4 is 10.9 Å². The maximum absolute atomic E-state index is 13.9. The van der Waals surface area contributed by atoms with Gasteiger partial charge in [0.15, 0.2) is 0 Å². The molecule has 0 saturated heterocycles. The summed E-state index contributed by atoms with van der Waals surface area (Å²) in [7, 11) is 0. The lowest BCUT2D eigenvalue weighted by atomic mass is 9.99. The molecule has 3 heteroatoms. The van der Waals surface area contributed by atoms with Gasteiger partial charge in [-0.1, -0.05) is 13.0 Å². The second kappa shape index (κ2) is 4.80. The summed E-state index contributed by atoms with van der Waals surface area (Å²) >= 11 is 0. The van der Waals surface area contributed by atoms with E-state index in [1.165, 1.54) is 0 Å². The molecule has 0 bridgehead atoms. The highest BCUT2D eigenvalue weighted by atomic mass is 19.1. The van der Waals surface area contributed by atoms with Crippen LogP contribution < -0.4 is 5.73 Å². The first kappa shape index (κ1) is 12.0. The van der Waals surface area contributed by atoms with Crippen molar-refractivity contribution in [3.63, 3.8) is 0 Å². The van der Waals surface area contributed by atoms with Crippen molar-refractivity contribution in [2.45, 2.75) is 20.3 Å². The van der Waals surface area contributed by atoms with Crippen LogP contribution in [0.4, 0.5) is 4.39 Å². The predicted octanol–water partition coefficient (Wildman–Crippen LogP) is 2.82. The Morgan fingerprint density at radius 2 is 2.12 bits per heavy atom. The molecule has 1 atom stereocenters. The van der Waals surface area contributed by atoms with Crippen LogP contribution in [-0.4, -0.2) is 11.5 Å². The van der Waals surface area contributed by atoms with Crippen molar-refractivity contribution < 1.29 is 4.39 Å². The molecule has 0 aliphatic heterocycles. The molecule has 2 N–H and O–H groups in total. The molecule has 90 valence electrons. The molecule has 1 heterocycles. The Morgan fingerprint density at radius 3 is 2.82 bits per heavy atom. The monoisotopic (exact) mass is 232 g/mol. The van der Waals surface area contributed by atoms with Gasteiger partial charge in [-0.05, 0) is 49.6 Å². The lowest BCUT2D eigenvalue weighted by molar-refractivity contribution is 0.586. The van der Waals surface area contributed by atoms with E-state index < -0.39 is 0 Å². The summed E-state index contributed by atoms with van der Waals surface area (Å²) in [6.45, 7) is 4.55. The quantitative estimate of drug-likeness (QED) is 0.883. The zero-order valence-electron chi connectivity index (χ0n) is 10.2. The van der Waals surface area contributed by atoms with Gasteiger partial charge in [0.05, 0.1) is 0 Å². The zero-order chi connectivity index (χ0) is 12.4. The van der Waals surface area contributed by atoms with E-state index in [1.807, 2.05) is 25.1 Å². The number of fused-ring (bicyclic) bond motifs is 1. The number of pyridine rings is 1. The topological polar surface area (TPSA) is 38.9 Å². The van der Waals surface area contributed by atoms with Crippen LogP contribution in [0.1, 0.15) is 18.2 Å². The number of aromatic nitrogens is 1. The number of hydrogen-bond acceptors (Lipinski definition) is 2. The maximum atomic E-state index is 13.9. The Balaban J connectivity index is 2.45. The Kier molecular flexibility index (Phi) is 3.38. The van der Waals surface area contributed by atoms with Gasteiger partial charge in [0.25, 0.3) is 0 Å². The molecule has 1 unspecified atom stereocenters. The molecule has 2 nitrogen and oxygen atoms in total. The summed E-state index contributed by atoms with van der Waals surface area (Å²) in [5.74, 6) is 0.121. The van der Waals surface area contributed by atoms with Crippen molar-refractivity contribution in [1.29, 1.82) is 0 Å². The Morgan fingerprint density at radius 1 is 1.35 bits per heavy atom. The Bertz CT molecular complexity index is 537. The lowest BCUT2D eigenvalue weighted by Gasteiger charge is -2.10. The molecular weight excluding hydrogens is 215 g/mol. The van der Waals surface area contributed by atoms with Gasteiger partial charge in [-0.2, -0.15) is 0 Å². The average Bonchev–Trinajstić information content (AvgIpc) is 2.30. The van der Waals surface area contributed by atoms with Gasteiger partial charge in [0.1, 0.15) is 11.3 Å². The first-order valence-corrected chi connectivity index (χ1v) is 5.86. The van der Waals surface area contributed by atoms with E-state index in [0.717, 1.165) is 23.1 Å². The first-order valence-electron chi connectivity index (χ1n) is 5.86. The molecule has 1 aromatic carbocycles. The van der Waals surface area contributed by atoms with E-state index >= 15 is 0 Å². The van der Waals surface area contributed by atoms with Crippen molar-refractivity contribution in [1.82, 2.24) is 4.98 Å². The van der Waals surface area contributed by atoms with Gasteiger partial charge in [-0.3, -0.25) is 4.98 Å². The van der Waals surface area contributed by atoms with Crippen LogP contribution in [0.3, 0.4) is 0 Å². The molecule has 0 aliphatic rings. The number of rotatable bonds is 3. The Labute approximate surface area is 101 Å². The zero-order valence-corrected chi connectivity index (χ0v) is 10.2. The summed E-state index contributed by atoms with van der Waals surface area (Å²) < 4.78 is 13.9. The second-order valence-electron chi connectivity index (χ2n) is 4.65. The van der Waals surface area contributed by atoms with Crippen LogP contribution in [0.2, 0.25) is 0 Å². The molecule has 2 rings (SSSR count). The SMILES string of the molecule is Cc1ccc2cc(CC(C)CN)cc(F)c2n1. The number of halogens is 1. The van der Waals surface area contributed by atoms with Crippen LogP contribution in [-0.2, 0) is 6.42 Å².